The topological polar surface area (TPSA) is 32.7 Å². The third-order valence-corrected chi connectivity index (χ3v) is 4.89. The number of benzene rings is 3. The van der Waals surface area contributed by atoms with E-state index in [4.69, 9.17) is 16.3 Å². The molecule has 1 atom stereocenters. The summed E-state index contributed by atoms with van der Waals surface area (Å²) < 4.78 is 5.29. The maximum atomic E-state index is 10.4. The Bertz CT molecular complexity index is 865. The van der Waals surface area contributed by atoms with Crippen molar-refractivity contribution in [2.75, 3.05) is 20.7 Å². The monoisotopic (exact) mass is 381 g/mol. The van der Waals surface area contributed by atoms with E-state index in [-0.39, 0.29) is 0 Å². The molecule has 1 N–H and O–H groups in total. The van der Waals surface area contributed by atoms with Gasteiger partial charge in [0, 0.05) is 23.7 Å². The van der Waals surface area contributed by atoms with Crippen LogP contribution in [0.1, 0.15) is 17.2 Å². The summed E-state index contributed by atoms with van der Waals surface area (Å²) >= 11 is 6.34. The Balaban J connectivity index is 1.65. The van der Waals surface area contributed by atoms with Crippen LogP contribution in [0.2, 0.25) is 5.02 Å². The maximum absolute atomic E-state index is 10.4. The maximum Gasteiger partial charge on any atom is 0.119 e. The lowest BCUT2D eigenvalue weighted by molar-refractivity contribution is 0.124. The molecule has 3 aromatic rings. The van der Waals surface area contributed by atoms with Crippen molar-refractivity contribution in [1.82, 2.24) is 4.90 Å². The molecule has 0 saturated heterocycles. The van der Waals surface area contributed by atoms with Crippen LogP contribution in [0.5, 0.6) is 5.75 Å². The second-order valence-electron chi connectivity index (χ2n) is 6.67. The molecule has 0 fully saturated rings. The lowest BCUT2D eigenvalue weighted by Crippen LogP contribution is -2.24. The van der Waals surface area contributed by atoms with E-state index in [1.54, 1.807) is 7.11 Å². The standard InChI is InChI=1S/C23H24ClNO2/c1-25(16-23(26)19-6-4-3-5-7-19)15-17-8-10-18(11-9-17)21-14-20(27-2)12-13-22(21)24/h3-14,23,26H,15-16H2,1-2H3. The van der Waals surface area contributed by atoms with E-state index in [0.717, 1.165) is 29.0 Å². The van der Waals surface area contributed by atoms with Gasteiger partial charge >= 0.3 is 0 Å². The van der Waals surface area contributed by atoms with Crippen molar-refractivity contribution in [2.45, 2.75) is 12.6 Å². The Morgan fingerprint density at radius 3 is 2.37 bits per heavy atom. The quantitative estimate of drug-likeness (QED) is 0.612. The molecule has 0 spiro atoms. The van der Waals surface area contributed by atoms with E-state index < -0.39 is 6.10 Å². The Labute approximate surface area is 165 Å². The van der Waals surface area contributed by atoms with Crippen LogP contribution in [0.4, 0.5) is 0 Å². The molecule has 1 unspecified atom stereocenters. The number of aliphatic hydroxyl groups excluding tert-OH is 1. The van der Waals surface area contributed by atoms with E-state index >= 15 is 0 Å². The molecule has 0 amide bonds. The SMILES string of the molecule is COc1ccc(Cl)c(-c2ccc(CN(C)CC(O)c3ccccc3)cc2)c1. The summed E-state index contributed by atoms with van der Waals surface area (Å²) in [5, 5.41) is 11.1. The smallest absolute Gasteiger partial charge is 0.119 e. The first kappa shape index (κ1) is 19.4. The zero-order chi connectivity index (χ0) is 19.2. The molecule has 0 radical (unpaired) electrons. The summed E-state index contributed by atoms with van der Waals surface area (Å²) in [4.78, 5) is 2.12. The number of hydrogen-bond acceptors (Lipinski definition) is 3. The van der Waals surface area contributed by atoms with Gasteiger partial charge in [-0.3, -0.25) is 4.90 Å². The normalized spacial score (nSPS) is 12.2. The van der Waals surface area contributed by atoms with Crippen LogP contribution in [0.25, 0.3) is 11.1 Å². The third kappa shape index (κ3) is 5.10. The fourth-order valence-electron chi connectivity index (χ4n) is 3.09. The van der Waals surface area contributed by atoms with Crippen LogP contribution in [-0.2, 0) is 6.54 Å². The van der Waals surface area contributed by atoms with Gasteiger partial charge in [-0.1, -0.05) is 66.2 Å². The first-order valence-corrected chi connectivity index (χ1v) is 9.29. The largest absolute Gasteiger partial charge is 0.497 e. The van der Waals surface area contributed by atoms with Crippen molar-refractivity contribution in [3.05, 3.63) is 88.9 Å². The second-order valence-corrected chi connectivity index (χ2v) is 7.07. The minimum atomic E-state index is -0.494. The number of methoxy groups -OCH3 is 1. The molecule has 4 heteroatoms. The van der Waals surface area contributed by atoms with Gasteiger partial charge in [0.1, 0.15) is 5.75 Å². The van der Waals surface area contributed by atoms with Crippen molar-refractivity contribution in [1.29, 1.82) is 0 Å². The Morgan fingerprint density at radius 2 is 1.70 bits per heavy atom. The van der Waals surface area contributed by atoms with Gasteiger partial charge in [-0.15, -0.1) is 0 Å². The van der Waals surface area contributed by atoms with E-state index in [1.807, 2.05) is 55.6 Å². The first-order chi connectivity index (χ1) is 13.1. The number of hydrogen-bond donors (Lipinski definition) is 1. The van der Waals surface area contributed by atoms with Gasteiger partial charge in [0.15, 0.2) is 0 Å². The highest BCUT2D eigenvalue weighted by Crippen LogP contribution is 2.31. The molecule has 3 nitrogen and oxygen atoms in total. The van der Waals surface area contributed by atoms with E-state index in [0.29, 0.717) is 11.6 Å². The molecular weight excluding hydrogens is 358 g/mol. The van der Waals surface area contributed by atoms with Gasteiger partial charge in [-0.05, 0) is 41.9 Å². The van der Waals surface area contributed by atoms with Gasteiger partial charge < -0.3 is 9.84 Å². The lowest BCUT2D eigenvalue weighted by Gasteiger charge is -2.21. The Kier molecular flexibility index (Phi) is 6.51. The second kappa shape index (κ2) is 9.05. The number of halogens is 1. The minimum absolute atomic E-state index is 0.494. The van der Waals surface area contributed by atoms with Crippen molar-refractivity contribution in [3.63, 3.8) is 0 Å². The first-order valence-electron chi connectivity index (χ1n) is 8.91. The Hall–Kier alpha value is -2.33. The number of ether oxygens (including phenoxy) is 1. The highest BCUT2D eigenvalue weighted by atomic mass is 35.5. The van der Waals surface area contributed by atoms with Crippen LogP contribution in [0.15, 0.2) is 72.8 Å². The predicted octanol–water partition coefficient (Wildman–Crippen LogP) is 5.18. The third-order valence-electron chi connectivity index (χ3n) is 4.56. The van der Waals surface area contributed by atoms with E-state index in [9.17, 15) is 5.11 Å². The van der Waals surface area contributed by atoms with Crippen LogP contribution in [0.3, 0.4) is 0 Å². The van der Waals surface area contributed by atoms with Crippen molar-refractivity contribution < 1.29 is 9.84 Å². The zero-order valence-corrected chi connectivity index (χ0v) is 16.4. The van der Waals surface area contributed by atoms with Crippen molar-refractivity contribution >= 4 is 11.6 Å². The summed E-state index contributed by atoms with van der Waals surface area (Å²) in [5.41, 5.74) is 4.12. The summed E-state index contributed by atoms with van der Waals surface area (Å²) in [6.07, 6.45) is -0.494. The molecular formula is C23H24ClNO2. The molecule has 27 heavy (non-hydrogen) atoms. The van der Waals surface area contributed by atoms with Crippen LogP contribution in [-0.4, -0.2) is 30.7 Å². The molecule has 0 aliphatic carbocycles. The summed E-state index contributed by atoms with van der Waals surface area (Å²) in [6.45, 7) is 1.34. The zero-order valence-electron chi connectivity index (χ0n) is 15.6. The highest BCUT2D eigenvalue weighted by molar-refractivity contribution is 6.33. The number of nitrogens with zero attached hydrogens (tertiary/aromatic N) is 1. The Morgan fingerprint density at radius 1 is 1.00 bits per heavy atom. The van der Waals surface area contributed by atoms with Gasteiger partial charge in [0.05, 0.1) is 13.2 Å². The summed E-state index contributed by atoms with van der Waals surface area (Å²) in [5.74, 6) is 0.785. The van der Waals surface area contributed by atoms with Crippen molar-refractivity contribution in [2.24, 2.45) is 0 Å². The lowest BCUT2D eigenvalue weighted by atomic mass is 10.0. The summed E-state index contributed by atoms with van der Waals surface area (Å²) in [7, 11) is 3.66. The highest BCUT2D eigenvalue weighted by Gasteiger charge is 2.11. The average molecular weight is 382 g/mol. The van der Waals surface area contributed by atoms with Crippen LogP contribution in [0, 0.1) is 0 Å². The minimum Gasteiger partial charge on any atom is -0.497 e. The van der Waals surface area contributed by atoms with Gasteiger partial charge in [0.2, 0.25) is 0 Å². The molecule has 0 heterocycles. The van der Waals surface area contributed by atoms with Gasteiger partial charge in [-0.25, -0.2) is 0 Å². The fraction of sp³-hybridized carbons (Fsp3) is 0.217. The molecule has 0 aromatic heterocycles. The van der Waals surface area contributed by atoms with Gasteiger partial charge in [0.25, 0.3) is 0 Å². The van der Waals surface area contributed by atoms with Crippen molar-refractivity contribution in [3.8, 4) is 16.9 Å². The molecule has 0 aliphatic heterocycles. The molecule has 140 valence electrons. The average Bonchev–Trinajstić information content (AvgIpc) is 2.69. The van der Waals surface area contributed by atoms with Crippen LogP contribution < -0.4 is 4.74 Å². The number of rotatable bonds is 7. The molecule has 3 rings (SSSR count). The molecule has 0 bridgehead atoms. The number of aliphatic hydroxyl groups is 1. The fourth-order valence-corrected chi connectivity index (χ4v) is 3.32. The van der Waals surface area contributed by atoms with E-state index in [1.165, 1.54) is 5.56 Å². The number of likely N-dealkylation sites (N-methyl/N-ethyl adjacent to an activating group) is 1. The summed E-state index contributed by atoms with van der Waals surface area (Å²) in [6, 6.07) is 23.7. The molecule has 0 aliphatic rings. The molecule has 0 saturated carbocycles. The van der Waals surface area contributed by atoms with Gasteiger partial charge in [-0.2, -0.15) is 0 Å². The predicted molar refractivity (Wildman–Crippen MR) is 111 cm³/mol. The molecule has 3 aromatic carbocycles. The van der Waals surface area contributed by atoms with E-state index in [2.05, 4.69) is 29.2 Å². The van der Waals surface area contributed by atoms with Crippen LogP contribution >= 0.6 is 11.6 Å².